The summed E-state index contributed by atoms with van der Waals surface area (Å²) in [6.07, 6.45) is 1.72. The number of hydrogen-bond acceptors (Lipinski definition) is 5. The second-order valence-corrected chi connectivity index (χ2v) is 8.01. The van der Waals surface area contributed by atoms with Gasteiger partial charge in [-0.05, 0) is 24.3 Å². The molecule has 0 radical (unpaired) electrons. The maximum atomic E-state index is 12.6. The third-order valence-electron chi connectivity index (χ3n) is 2.68. The molecule has 2 aromatic heterocycles. The minimum atomic E-state index is -3.67. The van der Waals surface area contributed by atoms with Crippen LogP contribution in [0.4, 0.5) is 0 Å². The first kappa shape index (κ1) is 15.9. The summed E-state index contributed by atoms with van der Waals surface area (Å²) >= 11 is 6.81. The quantitative estimate of drug-likeness (QED) is 0.809. The van der Waals surface area contributed by atoms with Crippen molar-refractivity contribution >= 4 is 33.0 Å². The number of nitrogens with zero attached hydrogens (tertiary/aromatic N) is 3. The van der Waals surface area contributed by atoms with Crippen LogP contribution in [-0.4, -0.2) is 24.3 Å². The van der Waals surface area contributed by atoms with Gasteiger partial charge in [0, 0.05) is 19.2 Å². The van der Waals surface area contributed by atoms with Crippen LogP contribution in [-0.2, 0) is 16.6 Å². The van der Waals surface area contributed by atoms with Gasteiger partial charge < -0.3 is 0 Å². The lowest BCUT2D eigenvalue weighted by Crippen LogP contribution is -2.31. The average Bonchev–Trinajstić information content (AvgIpc) is 2.92. The Morgan fingerprint density at radius 2 is 2.14 bits per heavy atom. The van der Waals surface area contributed by atoms with Crippen LogP contribution in [0.1, 0.15) is 12.1 Å². The van der Waals surface area contributed by atoms with Gasteiger partial charge >= 0.3 is 0 Å². The van der Waals surface area contributed by atoms with Crippen LogP contribution >= 0.6 is 22.9 Å². The maximum absolute atomic E-state index is 12.6. The standard InChI is InChI=1S/C13H12ClN3O2S2/c14-12-5-6-13(20-12)21(18,19)17(9-3-7-15)10-11-4-1-2-8-16-11/h1-2,4-6,8H,3,9-10H2. The number of thiophene rings is 1. The van der Waals surface area contributed by atoms with Crippen molar-refractivity contribution in [2.45, 2.75) is 17.2 Å². The number of aromatic nitrogens is 1. The van der Waals surface area contributed by atoms with E-state index in [0.29, 0.717) is 10.0 Å². The highest BCUT2D eigenvalue weighted by Gasteiger charge is 2.26. The topological polar surface area (TPSA) is 74.1 Å². The highest BCUT2D eigenvalue weighted by atomic mass is 35.5. The molecule has 0 aliphatic carbocycles. The third-order valence-corrected chi connectivity index (χ3v) is 6.22. The van der Waals surface area contributed by atoms with E-state index in [1.54, 1.807) is 30.5 Å². The van der Waals surface area contributed by atoms with E-state index < -0.39 is 10.0 Å². The fourth-order valence-electron chi connectivity index (χ4n) is 1.69. The smallest absolute Gasteiger partial charge is 0.252 e. The first-order valence-corrected chi connectivity index (χ1v) is 8.70. The average molecular weight is 342 g/mol. The van der Waals surface area contributed by atoms with Crippen LogP contribution in [0, 0.1) is 11.3 Å². The molecule has 0 aromatic carbocycles. The molecule has 0 aliphatic heterocycles. The lowest BCUT2D eigenvalue weighted by atomic mass is 10.3. The van der Waals surface area contributed by atoms with Crippen molar-refractivity contribution in [3.8, 4) is 6.07 Å². The Hall–Kier alpha value is -1.46. The molecule has 0 fully saturated rings. The molecule has 2 heterocycles. The van der Waals surface area contributed by atoms with Gasteiger partial charge in [0.05, 0.1) is 22.6 Å². The van der Waals surface area contributed by atoms with E-state index in [4.69, 9.17) is 16.9 Å². The Kier molecular flexibility index (Phi) is 5.31. The molecule has 0 atom stereocenters. The van der Waals surface area contributed by atoms with E-state index in [0.717, 1.165) is 11.3 Å². The molecule has 2 rings (SSSR count). The highest BCUT2D eigenvalue weighted by Crippen LogP contribution is 2.28. The first-order chi connectivity index (χ1) is 10.0. The number of sulfonamides is 1. The Morgan fingerprint density at radius 1 is 1.33 bits per heavy atom. The number of halogens is 1. The van der Waals surface area contributed by atoms with Gasteiger partial charge in [-0.15, -0.1) is 11.3 Å². The lowest BCUT2D eigenvalue weighted by Gasteiger charge is -2.19. The predicted molar refractivity (Wildman–Crippen MR) is 81.4 cm³/mol. The summed E-state index contributed by atoms with van der Waals surface area (Å²) in [5, 5.41) is 8.72. The van der Waals surface area contributed by atoms with Gasteiger partial charge in [-0.2, -0.15) is 9.57 Å². The SMILES string of the molecule is N#CCCN(Cc1ccccn1)S(=O)(=O)c1ccc(Cl)s1. The van der Waals surface area contributed by atoms with E-state index >= 15 is 0 Å². The maximum Gasteiger partial charge on any atom is 0.252 e. The van der Waals surface area contributed by atoms with Crippen molar-refractivity contribution in [3.05, 3.63) is 46.6 Å². The number of pyridine rings is 1. The lowest BCUT2D eigenvalue weighted by molar-refractivity contribution is 0.410. The van der Waals surface area contributed by atoms with Crippen molar-refractivity contribution in [1.29, 1.82) is 5.26 Å². The molecule has 8 heteroatoms. The second kappa shape index (κ2) is 7.00. The molecule has 0 bridgehead atoms. The molecule has 110 valence electrons. The summed E-state index contributed by atoms with van der Waals surface area (Å²) < 4.78 is 27.0. The zero-order chi connectivity index (χ0) is 15.3. The van der Waals surface area contributed by atoms with Crippen LogP contribution in [0.3, 0.4) is 0 Å². The predicted octanol–water partition coefficient (Wildman–Crippen LogP) is 2.90. The van der Waals surface area contributed by atoms with E-state index in [-0.39, 0.29) is 23.7 Å². The fraction of sp³-hybridized carbons (Fsp3) is 0.231. The molecule has 0 amide bonds. The van der Waals surface area contributed by atoms with Gasteiger partial charge in [-0.3, -0.25) is 4.98 Å². The molecular formula is C13H12ClN3O2S2. The molecule has 0 unspecified atom stereocenters. The molecular weight excluding hydrogens is 330 g/mol. The van der Waals surface area contributed by atoms with Crippen molar-refractivity contribution < 1.29 is 8.42 Å². The molecule has 0 saturated carbocycles. The van der Waals surface area contributed by atoms with Crippen LogP contribution in [0.2, 0.25) is 4.34 Å². The van der Waals surface area contributed by atoms with Crippen LogP contribution in [0.25, 0.3) is 0 Å². The highest BCUT2D eigenvalue weighted by molar-refractivity contribution is 7.91. The Morgan fingerprint density at radius 3 is 2.71 bits per heavy atom. The molecule has 5 nitrogen and oxygen atoms in total. The van der Waals surface area contributed by atoms with Crippen molar-refractivity contribution in [3.63, 3.8) is 0 Å². The summed E-state index contributed by atoms with van der Waals surface area (Å²) in [7, 11) is -3.67. The Labute approximate surface area is 132 Å². The molecule has 0 N–H and O–H groups in total. The van der Waals surface area contributed by atoms with Gasteiger partial charge in [0.15, 0.2) is 0 Å². The zero-order valence-electron chi connectivity index (χ0n) is 10.9. The van der Waals surface area contributed by atoms with Gasteiger partial charge in [0.2, 0.25) is 0 Å². The largest absolute Gasteiger partial charge is 0.260 e. The number of rotatable bonds is 6. The normalized spacial score (nSPS) is 11.5. The van der Waals surface area contributed by atoms with Gasteiger partial charge in [-0.25, -0.2) is 8.42 Å². The first-order valence-electron chi connectivity index (χ1n) is 6.06. The third kappa shape index (κ3) is 4.02. The minimum absolute atomic E-state index is 0.116. The summed E-state index contributed by atoms with van der Waals surface area (Å²) in [5.41, 5.74) is 0.627. The summed E-state index contributed by atoms with van der Waals surface area (Å²) in [6.45, 7) is 0.241. The summed E-state index contributed by atoms with van der Waals surface area (Å²) in [5.74, 6) is 0. The number of hydrogen-bond donors (Lipinski definition) is 0. The van der Waals surface area contributed by atoms with Crippen LogP contribution in [0.15, 0.2) is 40.7 Å². The summed E-state index contributed by atoms with van der Waals surface area (Å²) in [6, 6.07) is 10.3. The zero-order valence-corrected chi connectivity index (χ0v) is 13.3. The van der Waals surface area contributed by atoms with E-state index in [1.807, 2.05) is 6.07 Å². The Bertz CT molecular complexity index is 738. The van der Waals surface area contributed by atoms with Crippen LogP contribution < -0.4 is 0 Å². The fourth-order valence-corrected chi connectivity index (χ4v) is 4.74. The monoisotopic (exact) mass is 341 g/mol. The van der Waals surface area contributed by atoms with E-state index in [2.05, 4.69) is 4.98 Å². The molecule has 0 spiro atoms. The Balaban J connectivity index is 2.29. The van der Waals surface area contributed by atoms with Crippen LogP contribution in [0.5, 0.6) is 0 Å². The molecule has 0 aliphatic rings. The van der Waals surface area contributed by atoms with Crippen molar-refractivity contribution in [1.82, 2.24) is 9.29 Å². The molecule has 2 aromatic rings. The van der Waals surface area contributed by atoms with E-state index in [9.17, 15) is 8.42 Å². The van der Waals surface area contributed by atoms with Crippen molar-refractivity contribution in [2.75, 3.05) is 6.54 Å². The van der Waals surface area contributed by atoms with Gasteiger partial charge in [-0.1, -0.05) is 17.7 Å². The van der Waals surface area contributed by atoms with Gasteiger partial charge in [0.25, 0.3) is 10.0 Å². The van der Waals surface area contributed by atoms with E-state index in [1.165, 1.54) is 10.4 Å². The van der Waals surface area contributed by atoms with Crippen molar-refractivity contribution in [2.24, 2.45) is 0 Å². The number of nitriles is 1. The minimum Gasteiger partial charge on any atom is -0.260 e. The van der Waals surface area contributed by atoms with Gasteiger partial charge in [0.1, 0.15) is 4.21 Å². The molecule has 0 saturated heterocycles. The molecule has 21 heavy (non-hydrogen) atoms. The second-order valence-electron chi connectivity index (χ2n) is 4.13. The summed E-state index contributed by atoms with van der Waals surface area (Å²) in [4.78, 5) is 4.13.